The van der Waals surface area contributed by atoms with Crippen LogP contribution in [0.4, 0.5) is 0 Å². The second-order valence-electron chi connectivity index (χ2n) is 4.80. The van der Waals surface area contributed by atoms with E-state index in [-0.39, 0.29) is 0 Å². The lowest BCUT2D eigenvalue weighted by Gasteiger charge is -2.04. The number of hydrogen-bond acceptors (Lipinski definition) is 2. The molecule has 19 heavy (non-hydrogen) atoms. The quantitative estimate of drug-likeness (QED) is 0.754. The van der Waals surface area contributed by atoms with Crippen LogP contribution in [-0.2, 0) is 13.5 Å². The zero-order valence-corrected chi connectivity index (χ0v) is 11.3. The van der Waals surface area contributed by atoms with E-state index in [4.69, 9.17) is 10.7 Å². The number of aromatic amines is 1. The molecule has 0 aliphatic heterocycles. The van der Waals surface area contributed by atoms with E-state index in [1.54, 1.807) is 0 Å². The molecule has 3 aromatic rings. The molecular formula is C15H18N4. The van der Waals surface area contributed by atoms with Crippen LogP contribution in [0.5, 0.6) is 0 Å². The normalized spacial score (nSPS) is 11.3. The van der Waals surface area contributed by atoms with Gasteiger partial charge in [-0.1, -0.05) is 18.2 Å². The van der Waals surface area contributed by atoms with Crippen molar-refractivity contribution in [3.05, 3.63) is 42.0 Å². The van der Waals surface area contributed by atoms with E-state index in [1.165, 1.54) is 11.1 Å². The number of nitrogens with two attached hydrogens (primary N) is 1. The smallest absolute Gasteiger partial charge is 0.106 e. The Labute approximate surface area is 112 Å². The first-order valence-corrected chi connectivity index (χ1v) is 6.51. The third kappa shape index (κ3) is 1.85. The van der Waals surface area contributed by atoms with Gasteiger partial charge in [-0.05, 0) is 19.5 Å². The molecule has 0 fully saturated rings. The van der Waals surface area contributed by atoms with Gasteiger partial charge < -0.3 is 15.3 Å². The predicted molar refractivity (Wildman–Crippen MR) is 78.0 cm³/mol. The Morgan fingerprint density at radius 3 is 2.89 bits per heavy atom. The Morgan fingerprint density at radius 2 is 2.11 bits per heavy atom. The summed E-state index contributed by atoms with van der Waals surface area (Å²) >= 11 is 0. The molecule has 2 aromatic heterocycles. The summed E-state index contributed by atoms with van der Waals surface area (Å²) in [6.45, 7) is 2.66. The Kier molecular flexibility index (Phi) is 2.87. The van der Waals surface area contributed by atoms with Gasteiger partial charge in [-0.25, -0.2) is 4.98 Å². The SMILES string of the molecule is Cc1nc(-c2c[nH]c3ccccc23)c(CCN)n1C. The van der Waals surface area contributed by atoms with Crippen LogP contribution in [-0.4, -0.2) is 21.1 Å². The number of imidazole rings is 1. The number of aryl methyl sites for hydroxylation is 1. The number of aromatic nitrogens is 3. The number of para-hydroxylation sites is 1. The highest BCUT2D eigenvalue weighted by molar-refractivity contribution is 5.95. The van der Waals surface area contributed by atoms with Gasteiger partial charge >= 0.3 is 0 Å². The number of rotatable bonds is 3. The van der Waals surface area contributed by atoms with Crippen LogP contribution in [0.25, 0.3) is 22.2 Å². The van der Waals surface area contributed by atoms with E-state index in [0.29, 0.717) is 6.54 Å². The van der Waals surface area contributed by atoms with Crippen LogP contribution >= 0.6 is 0 Å². The van der Waals surface area contributed by atoms with E-state index in [0.717, 1.165) is 29.0 Å². The fraction of sp³-hybridized carbons (Fsp3) is 0.267. The van der Waals surface area contributed by atoms with Crippen molar-refractivity contribution in [3.8, 4) is 11.3 Å². The Hall–Kier alpha value is -2.07. The number of nitrogens with zero attached hydrogens (tertiary/aromatic N) is 2. The van der Waals surface area contributed by atoms with Gasteiger partial charge in [0, 0.05) is 41.8 Å². The highest BCUT2D eigenvalue weighted by Gasteiger charge is 2.16. The maximum Gasteiger partial charge on any atom is 0.106 e. The first kappa shape index (κ1) is 12.0. The molecule has 0 radical (unpaired) electrons. The van der Waals surface area contributed by atoms with Crippen LogP contribution in [0.2, 0.25) is 0 Å². The molecule has 0 aliphatic carbocycles. The lowest BCUT2D eigenvalue weighted by atomic mass is 10.1. The molecule has 0 saturated heterocycles. The summed E-state index contributed by atoms with van der Waals surface area (Å²) in [5.41, 5.74) is 10.3. The summed E-state index contributed by atoms with van der Waals surface area (Å²) in [5, 5.41) is 1.21. The summed E-state index contributed by atoms with van der Waals surface area (Å²) < 4.78 is 2.13. The van der Waals surface area contributed by atoms with E-state index in [1.807, 2.05) is 26.2 Å². The Bertz CT molecular complexity index is 721. The molecular weight excluding hydrogens is 236 g/mol. The second kappa shape index (κ2) is 4.55. The van der Waals surface area contributed by atoms with Crippen molar-refractivity contribution in [3.63, 3.8) is 0 Å². The molecule has 1 aromatic carbocycles. The minimum atomic E-state index is 0.633. The minimum absolute atomic E-state index is 0.633. The van der Waals surface area contributed by atoms with Gasteiger partial charge in [0.15, 0.2) is 0 Å². The van der Waals surface area contributed by atoms with Crippen LogP contribution in [0.15, 0.2) is 30.5 Å². The lowest BCUT2D eigenvalue weighted by Crippen LogP contribution is -2.08. The topological polar surface area (TPSA) is 59.6 Å². The van der Waals surface area contributed by atoms with Crippen molar-refractivity contribution in [2.24, 2.45) is 12.8 Å². The molecule has 0 amide bonds. The molecule has 4 heteroatoms. The molecule has 3 N–H and O–H groups in total. The van der Waals surface area contributed by atoms with E-state index in [2.05, 4.69) is 27.8 Å². The molecule has 0 bridgehead atoms. The number of hydrogen-bond donors (Lipinski definition) is 2. The fourth-order valence-electron chi connectivity index (χ4n) is 2.56. The first-order valence-electron chi connectivity index (χ1n) is 6.51. The van der Waals surface area contributed by atoms with Gasteiger partial charge in [-0.3, -0.25) is 0 Å². The summed E-state index contributed by atoms with van der Waals surface area (Å²) in [6, 6.07) is 8.29. The summed E-state index contributed by atoms with van der Waals surface area (Å²) in [4.78, 5) is 8.01. The van der Waals surface area contributed by atoms with E-state index >= 15 is 0 Å². The van der Waals surface area contributed by atoms with Crippen LogP contribution < -0.4 is 5.73 Å². The molecule has 98 valence electrons. The average Bonchev–Trinajstić information content (AvgIpc) is 2.95. The summed E-state index contributed by atoms with van der Waals surface area (Å²) in [6.07, 6.45) is 2.87. The highest BCUT2D eigenvalue weighted by Crippen LogP contribution is 2.30. The first-order chi connectivity index (χ1) is 9.22. The largest absolute Gasteiger partial charge is 0.360 e. The zero-order chi connectivity index (χ0) is 13.4. The third-order valence-electron chi connectivity index (χ3n) is 3.66. The molecule has 3 rings (SSSR count). The van der Waals surface area contributed by atoms with Gasteiger partial charge in [0.1, 0.15) is 5.82 Å². The van der Waals surface area contributed by atoms with Crippen molar-refractivity contribution < 1.29 is 0 Å². The monoisotopic (exact) mass is 254 g/mol. The highest BCUT2D eigenvalue weighted by atomic mass is 15.1. The molecule has 0 aliphatic rings. The maximum absolute atomic E-state index is 5.72. The minimum Gasteiger partial charge on any atom is -0.360 e. The lowest BCUT2D eigenvalue weighted by molar-refractivity contribution is 0.778. The number of nitrogens with one attached hydrogen (secondary N) is 1. The van der Waals surface area contributed by atoms with Crippen molar-refractivity contribution in [2.45, 2.75) is 13.3 Å². The third-order valence-corrected chi connectivity index (χ3v) is 3.66. The van der Waals surface area contributed by atoms with Gasteiger partial charge in [0.25, 0.3) is 0 Å². The number of benzene rings is 1. The second-order valence-corrected chi connectivity index (χ2v) is 4.80. The van der Waals surface area contributed by atoms with Gasteiger partial charge in [0.05, 0.1) is 5.69 Å². The molecule has 2 heterocycles. The van der Waals surface area contributed by atoms with E-state index < -0.39 is 0 Å². The molecule has 0 saturated carbocycles. The van der Waals surface area contributed by atoms with Crippen LogP contribution in [0.1, 0.15) is 11.5 Å². The van der Waals surface area contributed by atoms with Crippen LogP contribution in [0, 0.1) is 6.92 Å². The average molecular weight is 254 g/mol. The van der Waals surface area contributed by atoms with Gasteiger partial charge in [0.2, 0.25) is 0 Å². The van der Waals surface area contributed by atoms with Crippen molar-refractivity contribution >= 4 is 10.9 Å². The van der Waals surface area contributed by atoms with E-state index in [9.17, 15) is 0 Å². The molecule has 4 nitrogen and oxygen atoms in total. The fourth-order valence-corrected chi connectivity index (χ4v) is 2.56. The van der Waals surface area contributed by atoms with Crippen molar-refractivity contribution in [1.29, 1.82) is 0 Å². The molecule has 0 spiro atoms. The van der Waals surface area contributed by atoms with Gasteiger partial charge in [-0.15, -0.1) is 0 Å². The Morgan fingerprint density at radius 1 is 1.32 bits per heavy atom. The van der Waals surface area contributed by atoms with Crippen molar-refractivity contribution in [1.82, 2.24) is 14.5 Å². The summed E-state index contributed by atoms with van der Waals surface area (Å²) in [7, 11) is 2.05. The van der Waals surface area contributed by atoms with Crippen LogP contribution in [0.3, 0.4) is 0 Å². The Balaban J connectivity index is 2.24. The predicted octanol–water partition coefficient (Wildman–Crippen LogP) is 2.38. The number of fused-ring (bicyclic) bond motifs is 1. The molecule has 0 unspecified atom stereocenters. The standard InChI is InChI=1S/C15H18N4/c1-10-18-15(14(7-8-16)19(10)2)12-9-17-13-6-4-3-5-11(12)13/h3-6,9,17H,7-8,16H2,1-2H3. The summed E-state index contributed by atoms with van der Waals surface area (Å²) in [5.74, 6) is 1.02. The van der Waals surface area contributed by atoms with Gasteiger partial charge in [-0.2, -0.15) is 0 Å². The zero-order valence-electron chi connectivity index (χ0n) is 11.3. The molecule has 0 atom stereocenters. The number of H-pyrrole nitrogens is 1. The maximum atomic E-state index is 5.72. The van der Waals surface area contributed by atoms with Crippen molar-refractivity contribution in [2.75, 3.05) is 6.54 Å².